The average Bonchev–Trinajstić information content (AvgIpc) is 2.55. The Morgan fingerprint density at radius 1 is 1.08 bits per heavy atom. The Hall–Kier alpha value is -2.73. The van der Waals surface area contributed by atoms with Crippen molar-refractivity contribution in [3.8, 4) is 0 Å². The van der Waals surface area contributed by atoms with Crippen LogP contribution in [0.4, 0.5) is 0 Å². The maximum Gasteiger partial charge on any atom is 0.336 e. The second kappa shape index (κ2) is 7.66. The fourth-order valence-corrected chi connectivity index (χ4v) is 2.47. The second-order valence-electron chi connectivity index (χ2n) is 6.61. The molecular weight excluding hydrogens is 358 g/mol. The number of nitrogens with zero attached hydrogens (tertiary/aromatic N) is 1. The lowest BCUT2D eigenvalue weighted by Gasteiger charge is -2.24. The van der Waals surface area contributed by atoms with Crippen molar-refractivity contribution in [2.45, 2.75) is 32.3 Å². The first-order chi connectivity index (χ1) is 12.1. The van der Waals surface area contributed by atoms with Crippen LogP contribution >= 0.6 is 11.6 Å². The number of aromatic carboxylic acids is 1. The molecule has 7 heteroatoms. The molecule has 0 fully saturated rings. The summed E-state index contributed by atoms with van der Waals surface area (Å²) < 4.78 is 5.37. The van der Waals surface area contributed by atoms with Crippen LogP contribution in [0.15, 0.2) is 42.7 Å². The fourth-order valence-electron chi connectivity index (χ4n) is 2.34. The summed E-state index contributed by atoms with van der Waals surface area (Å²) in [5, 5.41) is 9.76. The van der Waals surface area contributed by atoms with Gasteiger partial charge in [-0.15, -0.1) is 0 Å². The van der Waals surface area contributed by atoms with Gasteiger partial charge in [0, 0.05) is 17.4 Å². The van der Waals surface area contributed by atoms with Crippen LogP contribution in [-0.4, -0.2) is 33.4 Å². The van der Waals surface area contributed by atoms with E-state index in [-0.39, 0.29) is 11.1 Å². The molecule has 1 unspecified atom stereocenters. The molecule has 2 aromatic rings. The number of aromatic nitrogens is 1. The first kappa shape index (κ1) is 19.6. The van der Waals surface area contributed by atoms with Crippen molar-refractivity contribution < 1.29 is 24.2 Å². The number of esters is 1. The van der Waals surface area contributed by atoms with Crippen LogP contribution in [0.25, 0.3) is 0 Å². The van der Waals surface area contributed by atoms with E-state index in [1.807, 2.05) is 0 Å². The van der Waals surface area contributed by atoms with Crippen molar-refractivity contribution in [3.05, 3.63) is 64.4 Å². The van der Waals surface area contributed by atoms with Gasteiger partial charge in [-0.2, -0.15) is 0 Å². The van der Waals surface area contributed by atoms with Crippen LogP contribution in [0.3, 0.4) is 0 Å². The van der Waals surface area contributed by atoms with Crippen molar-refractivity contribution in [1.82, 2.24) is 4.98 Å². The normalized spacial score (nSPS) is 12.3. The number of hydrogen-bond donors (Lipinski definition) is 1. The van der Waals surface area contributed by atoms with Crippen LogP contribution < -0.4 is 0 Å². The number of rotatable bonds is 5. The Balaban J connectivity index is 2.53. The zero-order valence-electron chi connectivity index (χ0n) is 14.5. The van der Waals surface area contributed by atoms with E-state index < -0.39 is 29.2 Å². The number of carbonyl (C=O) groups is 3. The fraction of sp³-hybridized carbons (Fsp3) is 0.263. The molecule has 0 aliphatic heterocycles. The summed E-state index contributed by atoms with van der Waals surface area (Å²) >= 11 is 5.88. The van der Waals surface area contributed by atoms with Crippen LogP contribution in [0, 0.1) is 0 Å². The summed E-state index contributed by atoms with van der Waals surface area (Å²) in [6.07, 6.45) is 2.41. The molecule has 1 aromatic carbocycles. The average molecular weight is 376 g/mol. The molecule has 0 saturated heterocycles. The molecule has 0 amide bonds. The Morgan fingerprint density at radius 3 is 2.23 bits per heavy atom. The third-order valence-corrected chi connectivity index (χ3v) is 3.68. The minimum absolute atomic E-state index is 0.161. The molecule has 136 valence electrons. The quantitative estimate of drug-likeness (QED) is 0.486. The van der Waals surface area contributed by atoms with E-state index in [4.69, 9.17) is 16.3 Å². The minimum Gasteiger partial charge on any atom is -0.478 e. The molecule has 0 saturated carbocycles. The lowest BCUT2D eigenvalue weighted by Crippen LogP contribution is -2.32. The van der Waals surface area contributed by atoms with Gasteiger partial charge in [-0.3, -0.25) is 14.6 Å². The highest BCUT2D eigenvalue weighted by Gasteiger charge is 2.35. The lowest BCUT2D eigenvalue weighted by atomic mass is 9.89. The Bertz CT molecular complexity index is 840. The van der Waals surface area contributed by atoms with Gasteiger partial charge in [0.2, 0.25) is 0 Å². The summed E-state index contributed by atoms with van der Waals surface area (Å²) in [5.41, 5.74) is -0.848. The van der Waals surface area contributed by atoms with Gasteiger partial charge >= 0.3 is 11.9 Å². The first-order valence-corrected chi connectivity index (χ1v) is 8.18. The number of carbonyl (C=O) groups excluding carboxylic acids is 2. The molecule has 0 aliphatic rings. The van der Waals surface area contributed by atoms with Gasteiger partial charge in [0.15, 0.2) is 5.78 Å². The Kier molecular flexibility index (Phi) is 5.77. The highest BCUT2D eigenvalue weighted by Crippen LogP contribution is 2.27. The van der Waals surface area contributed by atoms with Gasteiger partial charge in [0.1, 0.15) is 11.5 Å². The number of carboxylic acids is 1. The second-order valence-corrected chi connectivity index (χ2v) is 7.05. The number of ketones is 1. The van der Waals surface area contributed by atoms with Crippen LogP contribution in [-0.2, 0) is 9.53 Å². The predicted molar refractivity (Wildman–Crippen MR) is 95.6 cm³/mol. The topological polar surface area (TPSA) is 93.6 Å². The molecular formula is C19H18ClNO5. The largest absolute Gasteiger partial charge is 0.478 e. The third kappa shape index (κ3) is 4.67. The van der Waals surface area contributed by atoms with Crippen molar-refractivity contribution in [2.24, 2.45) is 0 Å². The minimum atomic E-state index is -1.33. The molecule has 1 atom stereocenters. The summed E-state index contributed by atoms with van der Waals surface area (Å²) in [4.78, 5) is 41.0. The molecule has 2 rings (SSSR count). The molecule has 0 bridgehead atoms. The summed E-state index contributed by atoms with van der Waals surface area (Å²) in [7, 11) is 0. The SMILES string of the molecule is CC(C)(C)OC(=O)C(C(=O)c1cnccc1C(=O)O)c1ccc(Cl)cc1. The van der Waals surface area contributed by atoms with Gasteiger partial charge in [-0.05, 0) is 44.5 Å². The number of halogens is 1. The predicted octanol–water partition coefficient (Wildman–Crippen LogP) is 3.74. The standard InChI is InChI=1S/C19H18ClNO5/c1-19(2,3)26-18(25)15(11-4-6-12(20)7-5-11)16(22)14-10-21-9-8-13(14)17(23)24/h4-10,15H,1-3H3,(H,23,24). The zero-order chi connectivity index (χ0) is 19.5. The van der Waals surface area contributed by atoms with Crippen LogP contribution in [0.1, 0.15) is 53.0 Å². The molecule has 1 heterocycles. The molecule has 26 heavy (non-hydrogen) atoms. The molecule has 0 aliphatic carbocycles. The van der Waals surface area contributed by atoms with Crippen molar-refractivity contribution in [2.75, 3.05) is 0 Å². The summed E-state index contributed by atoms with van der Waals surface area (Å²) in [6, 6.07) is 7.37. The van der Waals surface area contributed by atoms with Gasteiger partial charge in [-0.1, -0.05) is 23.7 Å². The number of ether oxygens (including phenoxy) is 1. The van der Waals surface area contributed by atoms with Crippen LogP contribution in [0.5, 0.6) is 0 Å². The van der Waals surface area contributed by atoms with E-state index in [9.17, 15) is 19.5 Å². The Labute approximate surface area is 155 Å². The lowest BCUT2D eigenvalue weighted by molar-refractivity contribution is -0.155. The van der Waals surface area contributed by atoms with Gasteiger partial charge in [0.05, 0.1) is 11.1 Å². The maximum atomic E-state index is 13.0. The Morgan fingerprint density at radius 2 is 1.69 bits per heavy atom. The molecule has 6 nitrogen and oxygen atoms in total. The third-order valence-electron chi connectivity index (χ3n) is 3.42. The molecule has 1 aromatic heterocycles. The van der Waals surface area contributed by atoms with Gasteiger partial charge in [-0.25, -0.2) is 4.79 Å². The van der Waals surface area contributed by atoms with Crippen molar-refractivity contribution in [1.29, 1.82) is 0 Å². The van der Waals surface area contributed by atoms with Crippen LogP contribution in [0.2, 0.25) is 5.02 Å². The summed E-state index contributed by atoms with van der Waals surface area (Å²) in [5.74, 6) is -4.08. The van der Waals surface area contributed by atoms with Gasteiger partial charge in [0.25, 0.3) is 0 Å². The number of hydrogen-bond acceptors (Lipinski definition) is 5. The number of benzene rings is 1. The van der Waals surface area contributed by atoms with E-state index in [2.05, 4.69) is 4.98 Å². The van der Waals surface area contributed by atoms with E-state index in [0.29, 0.717) is 10.6 Å². The van der Waals surface area contributed by atoms with Crippen molar-refractivity contribution in [3.63, 3.8) is 0 Å². The van der Waals surface area contributed by atoms with E-state index >= 15 is 0 Å². The number of carboxylic acid groups (broad SMARTS) is 1. The first-order valence-electron chi connectivity index (χ1n) is 7.80. The van der Waals surface area contributed by atoms with Crippen molar-refractivity contribution >= 4 is 29.3 Å². The van der Waals surface area contributed by atoms with E-state index in [1.54, 1.807) is 32.9 Å². The zero-order valence-corrected chi connectivity index (χ0v) is 15.3. The number of Topliss-reactive ketones (excluding diaryl/α,β-unsaturated/α-hetero) is 1. The molecule has 1 N–H and O–H groups in total. The highest BCUT2D eigenvalue weighted by molar-refractivity contribution is 6.30. The molecule has 0 radical (unpaired) electrons. The highest BCUT2D eigenvalue weighted by atomic mass is 35.5. The molecule has 0 spiro atoms. The number of pyridine rings is 1. The smallest absolute Gasteiger partial charge is 0.336 e. The van der Waals surface area contributed by atoms with E-state index in [0.717, 1.165) is 6.20 Å². The summed E-state index contributed by atoms with van der Waals surface area (Å²) in [6.45, 7) is 5.04. The maximum absolute atomic E-state index is 13.0. The monoisotopic (exact) mass is 375 g/mol. The van der Waals surface area contributed by atoms with E-state index in [1.165, 1.54) is 24.4 Å². The van der Waals surface area contributed by atoms with Gasteiger partial charge < -0.3 is 9.84 Å².